The Morgan fingerprint density at radius 1 is 1.29 bits per heavy atom. The fraction of sp³-hybridized carbons (Fsp3) is 0.667. The highest BCUT2D eigenvalue weighted by Crippen LogP contribution is 2.42. The van der Waals surface area contributed by atoms with Gasteiger partial charge in [-0.15, -0.1) is 0 Å². The zero-order valence-corrected chi connectivity index (χ0v) is 13.6. The third-order valence-corrected chi connectivity index (χ3v) is 4.61. The molecule has 0 saturated heterocycles. The van der Waals surface area contributed by atoms with Gasteiger partial charge in [0.15, 0.2) is 0 Å². The molecule has 1 aliphatic rings. The minimum absolute atomic E-state index is 0.340. The molecular formula is C18H29NO2. The number of phenols is 1. The van der Waals surface area contributed by atoms with Crippen LogP contribution in [0, 0.1) is 11.3 Å². The van der Waals surface area contributed by atoms with E-state index in [1.165, 1.54) is 32.1 Å². The Morgan fingerprint density at radius 2 is 2.00 bits per heavy atom. The Morgan fingerprint density at radius 3 is 2.62 bits per heavy atom. The molecule has 0 unspecified atom stereocenters. The third-order valence-electron chi connectivity index (χ3n) is 4.61. The van der Waals surface area contributed by atoms with Gasteiger partial charge in [-0.25, -0.2) is 0 Å². The van der Waals surface area contributed by atoms with Crippen molar-refractivity contribution in [1.82, 2.24) is 5.32 Å². The van der Waals surface area contributed by atoms with Crippen LogP contribution in [0.15, 0.2) is 18.2 Å². The Bertz CT molecular complexity index is 451. The molecule has 1 saturated carbocycles. The van der Waals surface area contributed by atoms with E-state index in [9.17, 15) is 5.11 Å². The van der Waals surface area contributed by atoms with Gasteiger partial charge in [0.25, 0.3) is 0 Å². The zero-order valence-electron chi connectivity index (χ0n) is 13.6. The van der Waals surface area contributed by atoms with Gasteiger partial charge in [-0.05, 0) is 48.8 Å². The van der Waals surface area contributed by atoms with Crippen LogP contribution in [0.3, 0.4) is 0 Å². The lowest BCUT2D eigenvalue weighted by Gasteiger charge is -2.31. The molecule has 1 aliphatic carbocycles. The lowest BCUT2D eigenvalue weighted by Crippen LogP contribution is -2.33. The molecule has 0 spiro atoms. The van der Waals surface area contributed by atoms with Crippen molar-refractivity contribution in [3.05, 3.63) is 23.8 Å². The van der Waals surface area contributed by atoms with Crippen LogP contribution in [0.5, 0.6) is 11.5 Å². The van der Waals surface area contributed by atoms with E-state index in [0.717, 1.165) is 23.8 Å². The van der Waals surface area contributed by atoms with Gasteiger partial charge in [-0.3, -0.25) is 0 Å². The summed E-state index contributed by atoms with van der Waals surface area (Å²) in [6, 6.07) is 5.40. The van der Waals surface area contributed by atoms with Crippen LogP contribution in [-0.4, -0.2) is 18.8 Å². The van der Waals surface area contributed by atoms with Crippen molar-refractivity contribution in [2.24, 2.45) is 11.3 Å². The first-order valence-corrected chi connectivity index (χ1v) is 8.11. The number of nitrogens with one attached hydrogen (secondary N) is 1. The van der Waals surface area contributed by atoms with E-state index in [1.54, 1.807) is 19.2 Å². The van der Waals surface area contributed by atoms with Gasteiger partial charge >= 0.3 is 0 Å². The Hall–Kier alpha value is -1.22. The van der Waals surface area contributed by atoms with E-state index in [1.807, 2.05) is 6.07 Å². The van der Waals surface area contributed by atoms with E-state index in [4.69, 9.17) is 4.74 Å². The predicted molar refractivity (Wildman–Crippen MR) is 86.7 cm³/mol. The average molecular weight is 291 g/mol. The van der Waals surface area contributed by atoms with Crippen molar-refractivity contribution in [3.8, 4) is 11.5 Å². The maximum atomic E-state index is 9.94. The summed E-state index contributed by atoms with van der Waals surface area (Å²) in [5, 5.41) is 13.5. The highest BCUT2D eigenvalue weighted by atomic mass is 16.5. The third kappa shape index (κ3) is 4.37. The summed E-state index contributed by atoms with van der Waals surface area (Å²) in [6.07, 6.45) is 6.69. The number of hydrogen-bond donors (Lipinski definition) is 2. The summed E-state index contributed by atoms with van der Waals surface area (Å²) in [5.41, 5.74) is 1.37. The number of rotatable bonds is 7. The normalized spacial score (nSPS) is 17.3. The van der Waals surface area contributed by atoms with Crippen molar-refractivity contribution < 1.29 is 9.84 Å². The van der Waals surface area contributed by atoms with Gasteiger partial charge in [-0.2, -0.15) is 0 Å². The standard InChI is InChI=1S/C18H29NO2/c1-14(2)11-18(8-4-5-9-18)13-19-12-15-10-16(21-3)6-7-17(15)20/h6-7,10,14,19-20H,4-5,8-9,11-13H2,1-3H3. The second-order valence-corrected chi connectivity index (χ2v) is 6.90. The molecule has 0 heterocycles. The first kappa shape index (κ1) is 16.2. The fourth-order valence-electron chi connectivity index (χ4n) is 3.74. The lowest BCUT2D eigenvalue weighted by molar-refractivity contribution is 0.223. The molecule has 2 N–H and O–H groups in total. The highest BCUT2D eigenvalue weighted by molar-refractivity contribution is 5.39. The minimum atomic E-state index is 0.340. The van der Waals surface area contributed by atoms with Gasteiger partial charge in [0.05, 0.1) is 7.11 Å². The maximum Gasteiger partial charge on any atom is 0.120 e. The molecule has 0 bridgehead atoms. The van der Waals surface area contributed by atoms with Crippen LogP contribution in [0.4, 0.5) is 0 Å². The summed E-state index contributed by atoms with van der Waals surface area (Å²) < 4.78 is 5.22. The minimum Gasteiger partial charge on any atom is -0.508 e. The molecule has 1 fully saturated rings. The van der Waals surface area contributed by atoms with Crippen molar-refractivity contribution >= 4 is 0 Å². The largest absolute Gasteiger partial charge is 0.508 e. The monoisotopic (exact) mass is 291 g/mol. The second kappa shape index (κ2) is 7.17. The molecule has 0 aromatic heterocycles. The summed E-state index contributed by atoms with van der Waals surface area (Å²) in [7, 11) is 1.65. The summed E-state index contributed by atoms with van der Waals surface area (Å²) in [6.45, 7) is 6.37. The van der Waals surface area contributed by atoms with Crippen LogP contribution in [0.25, 0.3) is 0 Å². The summed E-state index contributed by atoms with van der Waals surface area (Å²) in [4.78, 5) is 0. The van der Waals surface area contributed by atoms with Gasteiger partial charge in [0.1, 0.15) is 11.5 Å². The number of ether oxygens (including phenoxy) is 1. The Balaban J connectivity index is 1.93. The summed E-state index contributed by atoms with van der Waals surface area (Å²) >= 11 is 0. The lowest BCUT2D eigenvalue weighted by atomic mass is 9.78. The first-order valence-electron chi connectivity index (χ1n) is 8.11. The number of phenolic OH excluding ortho intramolecular Hbond substituents is 1. The van der Waals surface area contributed by atoms with Crippen molar-refractivity contribution in [1.29, 1.82) is 0 Å². The van der Waals surface area contributed by atoms with Gasteiger partial charge < -0.3 is 15.2 Å². The SMILES string of the molecule is COc1ccc(O)c(CNCC2(CC(C)C)CCCC2)c1. The fourth-order valence-corrected chi connectivity index (χ4v) is 3.74. The first-order chi connectivity index (χ1) is 10.0. The van der Waals surface area contributed by atoms with Crippen LogP contribution in [0.1, 0.15) is 51.5 Å². The molecule has 0 radical (unpaired) electrons. The van der Waals surface area contributed by atoms with E-state index in [2.05, 4.69) is 19.2 Å². The number of benzene rings is 1. The molecule has 1 aromatic rings. The van der Waals surface area contributed by atoms with Gasteiger partial charge in [-0.1, -0.05) is 26.7 Å². The van der Waals surface area contributed by atoms with Gasteiger partial charge in [0.2, 0.25) is 0 Å². The van der Waals surface area contributed by atoms with Crippen molar-refractivity contribution in [2.75, 3.05) is 13.7 Å². The maximum absolute atomic E-state index is 9.94. The van der Waals surface area contributed by atoms with Gasteiger partial charge in [0, 0.05) is 18.7 Å². The quantitative estimate of drug-likeness (QED) is 0.795. The van der Waals surface area contributed by atoms with Crippen molar-refractivity contribution in [3.63, 3.8) is 0 Å². The predicted octanol–water partition coefficient (Wildman–Crippen LogP) is 4.10. The second-order valence-electron chi connectivity index (χ2n) is 6.90. The number of aromatic hydroxyl groups is 1. The van der Waals surface area contributed by atoms with Crippen LogP contribution in [-0.2, 0) is 6.54 Å². The molecule has 1 aromatic carbocycles. The number of methoxy groups -OCH3 is 1. The summed E-state index contributed by atoms with van der Waals surface area (Å²) in [5.74, 6) is 1.88. The Kier molecular flexibility index (Phi) is 5.51. The molecule has 0 amide bonds. The molecule has 2 rings (SSSR count). The molecule has 3 nitrogen and oxygen atoms in total. The topological polar surface area (TPSA) is 41.5 Å². The molecule has 0 atom stereocenters. The van der Waals surface area contributed by atoms with Crippen LogP contribution >= 0.6 is 0 Å². The Labute approximate surface area is 128 Å². The van der Waals surface area contributed by atoms with E-state index in [-0.39, 0.29) is 0 Å². The zero-order chi connectivity index (χ0) is 15.3. The van der Waals surface area contributed by atoms with Crippen molar-refractivity contribution in [2.45, 2.75) is 52.5 Å². The van der Waals surface area contributed by atoms with Crippen LogP contribution < -0.4 is 10.1 Å². The molecule has 0 aliphatic heterocycles. The molecular weight excluding hydrogens is 262 g/mol. The molecule has 3 heteroatoms. The van der Waals surface area contributed by atoms with E-state index >= 15 is 0 Å². The molecule has 21 heavy (non-hydrogen) atoms. The van der Waals surface area contributed by atoms with E-state index in [0.29, 0.717) is 17.7 Å². The average Bonchev–Trinajstić information content (AvgIpc) is 2.88. The van der Waals surface area contributed by atoms with Crippen LogP contribution in [0.2, 0.25) is 0 Å². The highest BCUT2D eigenvalue weighted by Gasteiger charge is 2.33. The molecule has 118 valence electrons. The smallest absolute Gasteiger partial charge is 0.120 e. The number of hydrogen-bond acceptors (Lipinski definition) is 3. The van der Waals surface area contributed by atoms with E-state index < -0.39 is 0 Å².